The van der Waals surface area contributed by atoms with Crippen LogP contribution in [-0.2, 0) is 14.8 Å². The molecule has 10 heteroatoms. The molecule has 1 amide bonds. The van der Waals surface area contributed by atoms with Gasteiger partial charge in [-0.1, -0.05) is 6.07 Å². The third-order valence-corrected chi connectivity index (χ3v) is 8.07. The van der Waals surface area contributed by atoms with Gasteiger partial charge in [-0.25, -0.2) is 8.42 Å². The zero-order valence-electron chi connectivity index (χ0n) is 15.5. The lowest BCUT2D eigenvalue weighted by Gasteiger charge is -2.30. The maximum absolute atomic E-state index is 12.8. The van der Waals surface area contributed by atoms with E-state index in [0.29, 0.717) is 30.6 Å². The Morgan fingerprint density at radius 3 is 2.68 bits per heavy atom. The van der Waals surface area contributed by atoms with Crippen LogP contribution in [0.2, 0.25) is 0 Å². The molecule has 1 N–H and O–H groups in total. The Kier molecular flexibility index (Phi) is 5.82. The van der Waals surface area contributed by atoms with E-state index in [9.17, 15) is 23.3 Å². The maximum Gasteiger partial charge on any atom is 0.274 e. The standard InChI is InChI=1S/C18H21N3O5S2/c1-12-5-7-15(10-16(12)21(23)24)19-18(22)14-4-3-9-20(11-14)28(25,26)17-8-6-13(2)27-17/h5-8,10,14H,3-4,9,11H2,1-2H3,(H,19,22). The third-order valence-electron chi connectivity index (χ3n) is 4.74. The van der Waals surface area contributed by atoms with Gasteiger partial charge in [0.1, 0.15) is 4.21 Å². The maximum atomic E-state index is 12.8. The molecule has 1 unspecified atom stereocenters. The second-order valence-electron chi connectivity index (χ2n) is 6.81. The molecule has 1 saturated heterocycles. The second kappa shape index (κ2) is 7.98. The predicted molar refractivity (Wildman–Crippen MR) is 107 cm³/mol. The molecule has 1 aromatic carbocycles. The van der Waals surface area contributed by atoms with E-state index in [0.717, 1.165) is 4.88 Å². The van der Waals surface area contributed by atoms with E-state index in [-0.39, 0.29) is 22.3 Å². The molecule has 28 heavy (non-hydrogen) atoms. The van der Waals surface area contributed by atoms with Crippen molar-refractivity contribution in [2.75, 3.05) is 18.4 Å². The normalized spacial score (nSPS) is 18.0. The average molecular weight is 424 g/mol. The quantitative estimate of drug-likeness (QED) is 0.586. The van der Waals surface area contributed by atoms with Crippen molar-refractivity contribution in [2.24, 2.45) is 5.92 Å². The van der Waals surface area contributed by atoms with Crippen molar-refractivity contribution in [3.05, 3.63) is 50.9 Å². The van der Waals surface area contributed by atoms with Crippen molar-refractivity contribution in [3.8, 4) is 0 Å². The number of hydrogen-bond acceptors (Lipinski definition) is 6. The number of carbonyl (C=O) groups excluding carboxylic acids is 1. The number of thiophene rings is 1. The largest absolute Gasteiger partial charge is 0.326 e. The van der Waals surface area contributed by atoms with Crippen LogP contribution in [-0.4, -0.2) is 36.6 Å². The number of amides is 1. The van der Waals surface area contributed by atoms with Gasteiger partial charge < -0.3 is 5.32 Å². The van der Waals surface area contributed by atoms with Crippen LogP contribution in [0.5, 0.6) is 0 Å². The van der Waals surface area contributed by atoms with Gasteiger partial charge in [0, 0.05) is 35.3 Å². The van der Waals surface area contributed by atoms with Gasteiger partial charge >= 0.3 is 0 Å². The van der Waals surface area contributed by atoms with Crippen LogP contribution in [0.25, 0.3) is 0 Å². The second-order valence-corrected chi connectivity index (χ2v) is 10.3. The van der Waals surface area contributed by atoms with E-state index in [1.165, 1.54) is 21.7 Å². The summed E-state index contributed by atoms with van der Waals surface area (Å²) >= 11 is 1.21. The number of carbonyl (C=O) groups is 1. The molecule has 0 spiro atoms. The summed E-state index contributed by atoms with van der Waals surface area (Å²) in [6.45, 7) is 3.94. The fourth-order valence-corrected chi connectivity index (χ4v) is 6.14. The molecular weight excluding hydrogens is 402 g/mol. The lowest BCUT2D eigenvalue weighted by Crippen LogP contribution is -2.43. The summed E-state index contributed by atoms with van der Waals surface area (Å²) < 4.78 is 27.3. The highest BCUT2D eigenvalue weighted by Gasteiger charge is 2.34. The number of benzene rings is 1. The van der Waals surface area contributed by atoms with Crippen molar-refractivity contribution in [3.63, 3.8) is 0 Å². The Hall–Kier alpha value is -2.30. The monoisotopic (exact) mass is 423 g/mol. The Morgan fingerprint density at radius 1 is 1.29 bits per heavy atom. The van der Waals surface area contributed by atoms with Crippen molar-refractivity contribution in [1.29, 1.82) is 0 Å². The molecule has 0 radical (unpaired) electrons. The first kappa shape index (κ1) is 20.4. The van der Waals surface area contributed by atoms with Gasteiger partial charge in [-0.15, -0.1) is 11.3 Å². The van der Waals surface area contributed by atoms with Crippen molar-refractivity contribution in [2.45, 2.75) is 30.9 Å². The molecule has 0 aliphatic carbocycles. The van der Waals surface area contributed by atoms with Crippen molar-refractivity contribution in [1.82, 2.24) is 4.31 Å². The van der Waals surface area contributed by atoms with Gasteiger partial charge in [0.15, 0.2) is 0 Å². The van der Waals surface area contributed by atoms with Gasteiger partial charge in [0.2, 0.25) is 5.91 Å². The topological polar surface area (TPSA) is 110 Å². The number of nitro benzene ring substituents is 1. The number of piperidine rings is 1. The van der Waals surface area contributed by atoms with Crippen LogP contribution in [0.3, 0.4) is 0 Å². The minimum Gasteiger partial charge on any atom is -0.326 e. The van der Waals surface area contributed by atoms with Crippen LogP contribution in [0.15, 0.2) is 34.5 Å². The SMILES string of the molecule is Cc1ccc(S(=O)(=O)N2CCCC(C(=O)Nc3ccc(C)c([N+](=O)[O-])c3)C2)s1. The Morgan fingerprint density at radius 2 is 2.04 bits per heavy atom. The lowest BCUT2D eigenvalue weighted by molar-refractivity contribution is -0.385. The molecule has 0 saturated carbocycles. The summed E-state index contributed by atoms with van der Waals surface area (Å²) in [4.78, 5) is 24.1. The van der Waals surface area contributed by atoms with Crippen LogP contribution < -0.4 is 5.32 Å². The fourth-order valence-electron chi connectivity index (χ4n) is 3.18. The highest BCUT2D eigenvalue weighted by molar-refractivity contribution is 7.91. The summed E-state index contributed by atoms with van der Waals surface area (Å²) in [7, 11) is -3.62. The van der Waals surface area contributed by atoms with E-state index in [4.69, 9.17) is 0 Å². The van der Waals surface area contributed by atoms with E-state index in [1.54, 1.807) is 31.2 Å². The van der Waals surface area contributed by atoms with Crippen molar-refractivity contribution < 1.29 is 18.1 Å². The summed E-state index contributed by atoms with van der Waals surface area (Å²) in [5, 5.41) is 13.8. The number of sulfonamides is 1. The summed E-state index contributed by atoms with van der Waals surface area (Å²) in [6.07, 6.45) is 1.14. The Balaban J connectivity index is 1.73. The summed E-state index contributed by atoms with van der Waals surface area (Å²) in [5.41, 5.74) is 0.763. The van der Waals surface area contributed by atoms with E-state index >= 15 is 0 Å². The number of aryl methyl sites for hydroxylation is 2. The molecule has 1 aliphatic rings. The van der Waals surface area contributed by atoms with E-state index < -0.39 is 20.9 Å². The molecule has 2 heterocycles. The molecule has 1 fully saturated rings. The molecule has 1 atom stereocenters. The molecule has 0 bridgehead atoms. The zero-order valence-corrected chi connectivity index (χ0v) is 17.2. The predicted octanol–water partition coefficient (Wildman–Crippen LogP) is 3.31. The van der Waals surface area contributed by atoms with Gasteiger partial charge in [-0.3, -0.25) is 14.9 Å². The summed E-state index contributed by atoms with van der Waals surface area (Å²) in [6, 6.07) is 7.84. The van der Waals surface area contributed by atoms with Crippen LogP contribution in [0.4, 0.5) is 11.4 Å². The molecule has 150 valence electrons. The van der Waals surface area contributed by atoms with E-state index in [1.807, 2.05) is 6.92 Å². The smallest absolute Gasteiger partial charge is 0.274 e. The minimum absolute atomic E-state index is 0.0706. The molecule has 1 aliphatic heterocycles. The molecular formula is C18H21N3O5S2. The third kappa shape index (κ3) is 4.23. The Labute approximate surface area is 167 Å². The molecule has 8 nitrogen and oxygen atoms in total. The van der Waals surface area contributed by atoms with Crippen LogP contribution in [0, 0.1) is 29.9 Å². The number of hydrogen-bond donors (Lipinski definition) is 1. The number of nitrogens with one attached hydrogen (secondary N) is 1. The molecule has 1 aromatic heterocycles. The summed E-state index contributed by atoms with van der Waals surface area (Å²) in [5.74, 6) is -0.842. The first-order chi connectivity index (χ1) is 13.2. The highest BCUT2D eigenvalue weighted by Crippen LogP contribution is 2.29. The Bertz CT molecular complexity index is 1020. The first-order valence-electron chi connectivity index (χ1n) is 8.81. The fraction of sp³-hybridized carbons (Fsp3) is 0.389. The van der Waals surface area contributed by atoms with Gasteiger partial charge in [0.25, 0.3) is 15.7 Å². The number of nitro groups is 1. The minimum atomic E-state index is -3.62. The highest BCUT2D eigenvalue weighted by atomic mass is 32.2. The van der Waals surface area contributed by atoms with Gasteiger partial charge in [0.05, 0.1) is 10.8 Å². The molecule has 3 rings (SSSR count). The number of nitrogens with zero attached hydrogens (tertiary/aromatic N) is 2. The van der Waals surface area contributed by atoms with Crippen LogP contribution >= 0.6 is 11.3 Å². The zero-order chi connectivity index (χ0) is 20.5. The van der Waals surface area contributed by atoms with Crippen LogP contribution in [0.1, 0.15) is 23.3 Å². The number of anilines is 1. The number of rotatable bonds is 5. The first-order valence-corrected chi connectivity index (χ1v) is 11.1. The molecule has 2 aromatic rings. The van der Waals surface area contributed by atoms with E-state index in [2.05, 4.69) is 5.32 Å². The van der Waals surface area contributed by atoms with Crippen molar-refractivity contribution >= 4 is 38.6 Å². The van der Waals surface area contributed by atoms with Gasteiger partial charge in [-0.05, 0) is 44.9 Å². The van der Waals surface area contributed by atoms with Gasteiger partial charge in [-0.2, -0.15) is 4.31 Å². The lowest BCUT2D eigenvalue weighted by atomic mass is 9.98. The average Bonchev–Trinajstić information content (AvgIpc) is 3.10.